The molecular weight excluding hydrogens is 292 g/mol. The lowest BCUT2D eigenvalue weighted by Crippen LogP contribution is -2.52. The van der Waals surface area contributed by atoms with Crippen molar-refractivity contribution in [2.45, 2.75) is 54.8 Å². The maximum atomic E-state index is 9.79. The first kappa shape index (κ1) is 16.1. The van der Waals surface area contributed by atoms with Crippen molar-refractivity contribution >= 4 is 23.4 Å². The first-order valence-electron chi connectivity index (χ1n) is 7.32. The molecule has 0 spiro atoms. The van der Waals surface area contributed by atoms with Crippen LogP contribution in [0.4, 0.5) is 0 Å². The average Bonchev–Trinajstić information content (AvgIpc) is 2.48. The number of nitrogens with zero attached hydrogens (tertiary/aromatic N) is 1. The third kappa shape index (κ3) is 4.10. The average molecular weight is 315 g/mol. The summed E-state index contributed by atoms with van der Waals surface area (Å²) < 4.78 is 0. The molecule has 1 aromatic heterocycles. The van der Waals surface area contributed by atoms with E-state index >= 15 is 0 Å². The van der Waals surface area contributed by atoms with Crippen LogP contribution < -0.4 is 5.32 Å². The lowest BCUT2D eigenvalue weighted by atomic mass is 9.82. The SMILES string of the molecule is CCCNC1(CO)CCCC(Sc2ncccc2Cl)C1. The smallest absolute Gasteiger partial charge is 0.115 e. The summed E-state index contributed by atoms with van der Waals surface area (Å²) in [5, 5.41) is 15.4. The molecule has 1 fully saturated rings. The van der Waals surface area contributed by atoms with Crippen LogP contribution in [0.1, 0.15) is 39.0 Å². The molecular formula is C15H23ClN2OS. The van der Waals surface area contributed by atoms with E-state index in [4.69, 9.17) is 11.6 Å². The molecule has 0 amide bonds. The van der Waals surface area contributed by atoms with Crippen LogP contribution in [0.2, 0.25) is 5.02 Å². The lowest BCUT2D eigenvalue weighted by molar-refractivity contribution is 0.124. The third-order valence-electron chi connectivity index (χ3n) is 3.86. The minimum Gasteiger partial charge on any atom is -0.394 e. The van der Waals surface area contributed by atoms with Crippen LogP contribution >= 0.6 is 23.4 Å². The highest BCUT2D eigenvalue weighted by Crippen LogP contribution is 2.39. The zero-order valence-electron chi connectivity index (χ0n) is 11.9. The molecule has 2 atom stereocenters. The first-order valence-corrected chi connectivity index (χ1v) is 8.58. The second kappa shape index (κ2) is 7.64. The van der Waals surface area contributed by atoms with Crippen LogP contribution in [0.5, 0.6) is 0 Å². The highest BCUT2D eigenvalue weighted by molar-refractivity contribution is 8.00. The Morgan fingerprint density at radius 1 is 1.60 bits per heavy atom. The van der Waals surface area contributed by atoms with Gasteiger partial charge in [0.05, 0.1) is 11.6 Å². The van der Waals surface area contributed by atoms with Crippen LogP contribution in [0.25, 0.3) is 0 Å². The second-order valence-electron chi connectivity index (χ2n) is 5.49. The van der Waals surface area contributed by atoms with E-state index in [1.54, 1.807) is 18.0 Å². The topological polar surface area (TPSA) is 45.1 Å². The quantitative estimate of drug-likeness (QED) is 0.843. The molecule has 3 nitrogen and oxygen atoms in total. The van der Waals surface area contributed by atoms with E-state index in [1.165, 1.54) is 0 Å². The van der Waals surface area contributed by atoms with E-state index in [0.29, 0.717) is 5.25 Å². The highest BCUT2D eigenvalue weighted by atomic mass is 35.5. The molecule has 0 aromatic carbocycles. The Morgan fingerprint density at radius 3 is 3.15 bits per heavy atom. The zero-order chi connectivity index (χ0) is 14.4. The summed E-state index contributed by atoms with van der Waals surface area (Å²) in [5.74, 6) is 0. The van der Waals surface area contributed by atoms with Gasteiger partial charge in [-0.25, -0.2) is 4.98 Å². The van der Waals surface area contributed by atoms with E-state index in [2.05, 4.69) is 17.2 Å². The molecule has 5 heteroatoms. The summed E-state index contributed by atoms with van der Waals surface area (Å²) in [6, 6.07) is 3.74. The van der Waals surface area contributed by atoms with Crippen molar-refractivity contribution < 1.29 is 5.11 Å². The van der Waals surface area contributed by atoms with Crippen molar-refractivity contribution in [2.75, 3.05) is 13.2 Å². The van der Waals surface area contributed by atoms with Crippen LogP contribution in [0.3, 0.4) is 0 Å². The summed E-state index contributed by atoms with van der Waals surface area (Å²) in [4.78, 5) is 4.36. The van der Waals surface area contributed by atoms with Gasteiger partial charge in [0.25, 0.3) is 0 Å². The van der Waals surface area contributed by atoms with E-state index in [1.807, 2.05) is 12.1 Å². The van der Waals surface area contributed by atoms with Gasteiger partial charge in [-0.05, 0) is 44.4 Å². The van der Waals surface area contributed by atoms with Crippen molar-refractivity contribution in [3.8, 4) is 0 Å². The summed E-state index contributed by atoms with van der Waals surface area (Å²) in [6.07, 6.45) is 7.20. The molecule has 0 radical (unpaired) electrons. The van der Waals surface area contributed by atoms with Gasteiger partial charge in [0, 0.05) is 17.0 Å². The maximum absolute atomic E-state index is 9.79. The Morgan fingerprint density at radius 2 is 2.45 bits per heavy atom. The van der Waals surface area contributed by atoms with Gasteiger partial charge >= 0.3 is 0 Å². The van der Waals surface area contributed by atoms with Crippen LogP contribution in [0.15, 0.2) is 23.4 Å². The van der Waals surface area contributed by atoms with E-state index < -0.39 is 0 Å². The number of pyridine rings is 1. The first-order chi connectivity index (χ1) is 9.69. The van der Waals surface area contributed by atoms with E-state index in [9.17, 15) is 5.11 Å². The van der Waals surface area contributed by atoms with Crippen molar-refractivity contribution in [2.24, 2.45) is 0 Å². The largest absolute Gasteiger partial charge is 0.394 e. The normalized spacial score (nSPS) is 26.6. The fourth-order valence-electron chi connectivity index (χ4n) is 2.77. The number of rotatable bonds is 6. The summed E-state index contributed by atoms with van der Waals surface area (Å²) >= 11 is 7.93. The Hall–Kier alpha value is -0.290. The van der Waals surface area contributed by atoms with Gasteiger partial charge in [0.15, 0.2) is 0 Å². The van der Waals surface area contributed by atoms with Gasteiger partial charge in [-0.1, -0.05) is 24.9 Å². The number of nitrogens with one attached hydrogen (secondary N) is 1. The predicted octanol–water partition coefficient (Wildman–Crippen LogP) is 3.50. The molecule has 1 aliphatic carbocycles. The molecule has 1 aliphatic rings. The van der Waals surface area contributed by atoms with E-state index in [-0.39, 0.29) is 12.1 Å². The van der Waals surface area contributed by atoms with Crippen molar-refractivity contribution in [1.29, 1.82) is 0 Å². The fraction of sp³-hybridized carbons (Fsp3) is 0.667. The Balaban J connectivity index is 2.01. The lowest BCUT2D eigenvalue weighted by Gasteiger charge is -2.40. The summed E-state index contributed by atoms with van der Waals surface area (Å²) in [7, 11) is 0. The Kier molecular flexibility index (Phi) is 6.15. The Bertz CT molecular complexity index is 432. The molecule has 0 aliphatic heterocycles. The number of thioether (sulfide) groups is 1. The molecule has 112 valence electrons. The number of hydrogen-bond acceptors (Lipinski definition) is 4. The van der Waals surface area contributed by atoms with E-state index in [0.717, 1.165) is 48.7 Å². The zero-order valence-corrected chi connectivity index (χ0v) is 13.5. The molecule has 2 N–H and O–H groups in total. The third-order valence-corrected chi connectivity index (χ3v) is 5.56. The van der Waals surface area contributed by atoms with Crippen molar-refractivity contribution in [1.82, 2.24) is 10.3 Å². The molecule has 20 heavy (non-hydrogen) atoms. The van der Waals surface area contributed by atoms with Gasteiger partial charge in [-0.2, -0.15) is 0 Å². The predicted molar refractivity (Wildman–Crippen MR) is 85.5 cm³/mol. The number of aliphatic hydroxyl groups excluding tert-OH is 1. The monoisotopic (exact) mass is 314 g/mol. The molecule has 2 unspecified atom stereocenters. The van der Waals surface area contributed by atoms with Crippen molar-refractivity contribution in [3.05, 3.63) is 23.4 Å². The standard InChI is InChI=1S/C15H23ClN2OS/c1-2-8-18-15(11-19)7-3-5-12(10-15)20-14-13(16)6-4-9-17-14/h4,6,9,12,18-19H,2-3,5,7-8,10-11H2,1H3. The van der Waals surface area contributed by atoms with Gasteiger partial charge < -0.3 is 10.4 Å². The number of aromatic nitrogens is 1. The number of aliphatic hydroxyl groups is 1. The van der Waals surface area contributed by atoms with Gasteiger partial charge in [0.2, 0.25) is 0 Å². The molecule has 1 saturated carbocycles. The van der Waals surface area contributed by atoms with Crippen molar-refractivity contribution in [3.63, 3.8) is 0 Å². The molecule has 1 heterocycles. The minimum absolute atomic E-state index is 0.118. The number of hydrogen-bond donors (Lipinski definition) is 2. The van der Waals surface area contributed by atoms with Gasteiger partial charge in [-0.15, -0.1) is 11.8 Å². The molecule has 2 rings (SSSR count). The summed E-state index contributed by atoms with van der Waals surface area (Å²) in [5.41, 5.74) is -0.118. The van der Waals surface area contributed by atoms with Gasteiger partial charge in [-0.3, -0.25) is 0 Å². The second-order valence-corrected chi connectivity index (χ2v) is 7.19. The minimum atomic E-state index is -0.118. The Labute approximate surface area is 130 Å². The maximum Gasteiger partial charge on any atom is 0.115 e. The van der Waals surface area contributed by atoms with Crippen LogP contribution in [0, 0.1) is 0 Å². The van der Waals surface area contributed by atoms with Crippen LogP contribution in [-0.2, 0) is 0 Å². The molecule has 1 aromatic rings. The molecule has 0 saturated heterocycles. The van der Waals surface area contributed by atoms with Gasteiger partial charge in [0.1, 0.15) is 5.03 Å². The van der Waals surface area contributed by atoms with Crippen LogP contribution in [-0.4, -0.2) is 34.0 Å². The number of halogens is 1. The summed E-state index contributed by atoms with van der Waals surface area (Å²) in [6.45, 7) is 3.32. The fourth-order valence-corrected chi connectivity index (χ4v) is 4.33. The molecule has 0 bridgehead atoms. The highest BCUT2D eigenvalue weighted by Gasteiger charge is 2.35.